The van der Waals surface area contributed by atoms with Crippen LogP contribution in [0.4, 0.5) is 13.2 Å². The van der Waals surface area contributed by atoms with E-state index in [1.54, 1.807) is 6.08 Å². The second kappa shape index (κ2) is 10.9. The Balaban J connectivity index is 1.30. The predicted molar refractivity (Wildman–Crippen MR) is 131 cm³/mol. The molecular weight excluding hydrogens is 417 g/mol. The van der Waals surface area contributed by atoms with Crippen LogP contribution in [0.2, 0.25) is 0 Å². The van der Waals surface area contributed by atoms with Crippen LogP contribution < -0.4 is 0 Å². The van der Waals surface area contributed by atoms with Crippen molar-refractivity contribution in [2.75, 3.05) is 0 Å². The lowest BCUT2D eigenvalue weighted by molar-refractivity contribution is 0.397. The van der Waals surface area contributed by atoms with Crippen molar-refractivity contribution in [2.45, 2.75) is 78.1 Å². The molecule has 0 heterocycles. The third-order valence-electron chi connectivity index (χ3n) is 7.84. The molecule has 4 aliphatic carbocycles. The van der Waals surface area contributed by atoms with Gasteiger partial charge in [-0.25, -0.2) is 13.2 Å². The largest absolute Gasteiger partial charge is 0.212 e. The third kappa shape index (κ3) is 5.73. The maximum Gasteiger partial charge on any atom is 0.162 e. The summed E-state index contributed by atoms with van der Waals surface area (Å²) in [6.07, 6.45) is 23.1. The normalized spacial score (nSPS) is 30.4. The van der Waals surface area contributed by atoms with Gasteiger partial charge >= 0.3 is 0 Å². The Labute approximate surface area is 197 Å². The highest BCUT2D eigenvalue weighted by Crippen LogP contribution is 2.41. The highest BCUT2D eigenvalue weighted by Gasteiger charge is 2.28. The van der Waals surface area contributed by atoms with Gasteiger partial charge in [-0.1, -0.05) is 68.7 Å². The lowest BCUT2D eigenvalue weighted by Crippen LogP contribution is -2.13. The Kier molecular flexibility index (Phi) is 7.98. The first-order valence-electron chi connectivity index (χ1n) is 12.9. The quantitative estimate of drug-likeness (QED) is 0.359. The average molecular weight is 455 g/mol. The summed E-state index contributed by atoms with van der Waals surface area (Å²) < 4.78 is 43.8. The van der Waals surface area contributed by atoms with Gasteiger partial charge in [0.05, 0.1) is 0 Å². The Morgan fingerprint density at radius 3 is 2.45 bits per heavy atom. The van der Waals surface area contributed by atoms with Crippen LogP contribution in [0.15, 0.2) is 82.3 Å². The molecule has 0 aromatic carbocycles. The van der Waals surface area contributed by atoms with Gasteiger partial charge in [-0.15, -0.1) is 0 Å². The van der Waals surface area contributed by atoms with Gasteiger partial charge < -0.3 is 0 Å². The summed E-state index contributed by atoms with van der Waals surface area (Å²) in [5.74, 6) is -0.727. The van der Waals surface area contributed by atoms with Crippen molar-refractivity contribution in [3.63, 3.8) is 0 Å². The summed E-state index contributed by atoms with van der Waals surface area (Å²) in [4.78, 5) is 0. The van der Waals surface area contributed by atoms with E-state index in [1.165, 1.54) is 18.4 Å². The van der Waals surface area contributed by atoms with Crippen molar-refractivity contribution in [1.29, 1.82) is 0 Å². The fraction of sp³-hybridized carbons (Fsp3) is 0.533. The molecule has 178 valence electrons. The van der Waals surface area contributed by atoms with Gasteiger partial charge in [0.25, 0.3) is 0 Å². The van der Waals surface area contributed by atoms with E-state index in [0.717, 1.165) is 49.7 Å². The number of allylic oxidation sites excluding steroid dienone is 14. The Hall–Kier alpha value is -2.03. The van der Waals surface area contributed by atoms with Gasteiger partial charge in [0.2, 0.25) is 0 Å². The molecule has 0 aromatic heterocycles. The van der Waals surface area contributed by atoms with Crippen LogP contribution >= 0.6 is 0 Å². The maximum atomic E-state index is 14.9. The standard InChI is InChI=1S/C30H37F3/c1-3-4-21-8-14-24(15-9-21)27-18-17-25(29(32)30(27)33)16-10-22-6-12-23(13-7-22)26-11-5-20(2)28(31)19-26/h6-7,11-12,14,18-21,23,25H,3-5,8-10,13,15-17H2,1-2H3. The summed E-state index contributed by atoms with van der Waals surface area (Å²) >= 11 is 0. The van der Waals surface area contributed by atoms with E-state index >= 15 is 0 Å². The summed E-state index contributed by atoms with van der Waals surface area (Å²) in [7, 11) is 0. The van der Waals surface area contributed by atoms with E-state index < -0.39 is 11.7 Å². The first-order chi connectivity index (χ1) is 16.0. The summed E-state index contributed by atoms with van der Waals surface area (Å²) in [6, 6.07) is 0. The topological polar surface area (TPSA) is 0 Å². The van der Waals surface area contributed by atoms with Crippen LogP contribution in [0.1, 0.15) is 78.1 Å². The predicted octanol–water partition coefficient (Wildman–Crippen LogP) is 9.71. The van der Waals surface area contributed by atoms with Crippen molar-refractivity contribution >= 4 is 0 Å². The fourth-order valence-electron chi connectivity index (χ4n) is 5.56. The van der Waals surface area contributed by atoms with Crippen molar-refractivity contribution < 1.29 is 13.2 Å². The molecule has 4 aliphatic rings. The molecule has 4 rings (SSSR count). The first-order valence-corrected chi connectivity index (χ1v) is 12.9. The van der Waals surface area contributed by atoms with Gasteiger partial charge in [-0.3, -0.25) is 0 Å². The molecule has 33 heavy (non-hydrogen) atoms. The van der Waals surface area contributed by atoms with Crippen molar-refractivity contribution in [1.82, 2.24) is 0 Å². The molecule has 0 nitrogen and oxygen atoms in total. The smallest absolute Gasteiger partial charge is 0.162 e. The number of halogens is 3. The van der Waals surface area contributed by atoms with E-state index in [9.17, 15) is 13.2 Å². The molecule has 3 heteroatoms. The Morgan fingerprint density at radius 1 is 0.939 bits per heavy atom. The maximum absolute atomic E-state index is 14.9. The van der Waals surface area contributed by atoms with Crippen LogP contribution in [0.5, 0.6) is 0 Å². The van der Waals surface area contributed by atoms with E-state index in [4.69, 9.17) is 0 Å². The van der Waals surface area contributed by atoms with Crippen LogP contribution in [0, 0.1) is 23.7 Å². The fourth-order valence-corrected chi connectivity index (χ4v) is 5.56. The molecule has 0 amide bonds. The van der Waals surface area contributed by atoms with Gasteiger partial charge in [0, 0.05) is 23.3 Å². The van der Waals surface area contributed by atoms with Crippen molar-refractivity contribution in [2.24, 2.45) is 23.7 Å². The third-order valence-corrected chi connectivity index (χ3v) is 7.84. The molecule has 0 saturated carbocycles. The van der Waals surface area contributed by atoms with Gasteiger partial charge in [-0.2, -0.15) is 0 Å². The SMILES string of the molecule is CCCC1CC=C(C2=CCC(CCC3=CCC(C4=CCC(C)C(F)=C4)C=C3)C(F)=C2F)CC1. The minimum atomic E-state index is -0.632. The summed E-state index contributed by atoms with van der Waals surface area (Å²) in [6.45, 7) is 4.11. The average Bonchev–Trinajstić information content (AvgIpc) is 2.83. The zero-order valence-electron chi connectivity index (χ0n) is 20.1. The van der Waals surface area contributed by atoms with E-state index in [2.05, 4.69) is 37.3 Å². The van der Waals surface area contributed by atoms with Crippen LogP contribution in [0.25, 0.3) is 0 Å². The number of hydrogen-bond acceptors (Lipinski definition) is 0. The molecular formula is C30H37F3. The second-order valence-corrected chi connectivity index (χ2v) is 10.3. The van der Waals surface area contributed by atoms with Crippen molar-refractivity contribution in [3.8, 4) is 0 Å². The van der Waals surface area contributed by atoms with Gasteiger partial charge in [0.1, 0.15) is 11.7 Å². The Morgan fingerprint density at radius 2 is 1.79 bits per heavy atom. The van der Waals surface area contributed by atoms with E-state index in [1.807, 2.05) is 13.0 Å². The zero-order chi connectivity index (χ0) is 23.4. The first kappa shape index (κ1) is 24.1. The minimum Gasteiger partial charge on any atom is -0.212 e. The Bertz CT molecular complexity index is 953. The molecule has 0 N–H and O–H groups in total. The highest BCUT2D eigenvalue weighted by atomic mass is 19.2. The minimum absolute atomic E-state index is 0.0202. The highest BCUT2D eigenvalue weighted by molar-refractivity contribution is 5.47. The molecule has 4 unspecified atom stereocenters. The number of hydrogen-bond donors (Lipinski definition) is 0. The number of rotatable bonds is 7. The second-order valence-electron chi connectivity index (χ2n) is 10.3. The molecule has 0 aromatic rings. The van der Waals surface area contributed by atoms with Crippen LogP contribution in [0.3, 0.4) is 0 Å². The van der Waals surface area contributed by atoms with Crippen LogP contribution in [-0.2, 0) is 0 Å². The molecule has 0 bridgehead atoms. The molecule has 4 atom stereocenters. The monoisotopic (exact) mass is 454 g/mol. The van der Waals surface area contributed by atoms with E-state index in [-0.39, 0.29) is 23.6 Å². The molecule has 0 aliphatic heterocycles. The zero-order valence-corrected chi connectivity index (χ0v) is 20.1. The van der Waals surface area contributed by atoms with Crippen LogP contribution in [-0.4, -0.2) is 0 Å². The lowest BCUT2D eigenvalue weighted by Gasteiger charge is -2.26. The van der Waals surface area contributed by atoms with E-state index in [0.29, 0.717) is 24.3 Å². The molecule has 0 saturated heterocycles. The van der Waals surface area contributed by atoms with Gasteiger partial charge in [0.15, 0.2) is 5.83 Å². The van der Waals surface area contributed by atoms with Gasteiger partial charge in [-0.05, 0) is 74.5 Å². The molecule has 0 fully saturated rings. The summed E-state index contributed by atoms with van der Waals surface area (Å²) in [5.41, 5.74) is 3.72. The molecule has 0 radical (unpaired) electrons. The molecule has 0 spiro atoms. The van der Waals surface area contributed by atoms with Crippen molar-refractivity contribution in [3.05, 3.63) is 82.3 Å². The summed E-state index contributed by atoms with van der Waals surface area (Å²) in [5, 5.41) is 0. The lowest BCUT2D eigenvalue weighted by atomic mass is 9.80.